The van der Waals surface area contributed by atoms with Crippen LogP contribution >= 0.6 is 0 Å². The van der Waals surface area contributed by atoms with E-state index in [1.807, 2.05) is 18.2 Å². The van der Waals surface area contributed by atoms with Crippen LogP contribution in [0.15, 0.2) is 192 Å². The predicted octanol–water partition coefficient (Wildman–Crippen LogP) is 12.6. The van der Waals surface area contributed by atoms with E-state index in [2.05, 4.69) is 175 Å². The van der Waals surface area contributed by atoms with Gasteiger partial charge in [0.15, 0.2) is 0 Å². The second kappa shape index (κ2) is 12.1. The van der Waals surface area contributed by atoms with Crippen molar-refractivity contribution < 1.29 is 4.42 Å². The monoisotopic (exact) mass is 589 g/mol. The van der Waals surface area contributed by atoms with Gasteiger partial charge >= 0.3 is 0 Å². The Morgan fingerprint density at radius 2 is 0.848 bits per heavy atom. The van der Waals surface area contributed by atoms with Crippen molar-refractivity contribution >= 4 is 28.0 Å². The number of furan rings is 1. The van der Waals surface area contributed by atoms with Crippen LogP contribution in [0.4, 0.5) is 17.1 Å². The molecule has 0 atom stereocenters. The van der Waals surface area contributed by atoms with Crippen LogP contribution < -0.4 is 4.90 Å². The lowest BCUT2D eigenvalue weighted by molar-refractivity contribution is 0.631. The van der Waals surface area contributed by atoms with Crippen LogP contribution in [0.3, 0.4) is 0 Å². The highest BCUT2D eigenvalue weighted by Gasteiger charge is 2.16. The van der Waals surface area contributed by atoms with Crippen molar-refractivity contribution in [3.05, 3.63) is 188 Å². The number of fused-ring (bicyclic) bond motifs is 1. The molecule has 8 rings (SSSR count). The molecule has 1 aromatic heterocycles. The SMILES string of the molecule is c1ccc(-c2cccc(N(c3ccc(-c4ccccc4-c4ccccc4)cc3)c3cccc(-c4cc5ccccc5o4)c3)c2)cc1. The molecule has 0 aliphatic rings. The van der Waals surface area contributed by atoms with Crippen molar-refractivity contribution in [1.29, 1.82) is 0 Å². The quantitative estimate of drug-likeness (QED) is 0.184. The molecule has 1 heterocycles. The van der Waals surface area contributed by atoms with Gasteiger partial charge in [-0.25, -0.2) is 0 Å². The summed E-state index contributed by atoms with van der Waals surface area (Å²) in [4.78, 5) is 2.32. The van der Waals surface area contributed by atoms with E-state index in [1.54, 1.807) is 0 Å². The molecular formula is C44H31NO. The minimum atomic E-state index is 0.855. The first-order chi connectivity index (χ1) is 22.8. The summed E-state index contributed by atoms with van der Waals surface area (Å²) in [7, 11) is 0. The van der Waals surface area contributed by atoms with Gasteiger partial charge in [0.1, 0.15) is 11.3 Å². The Morgan fingerprint density at radius 3 is 1.52 bits per heavy atom. The normalized spacial score (nSPS) is 11.0. The molecule has 0 aliphatic heterocycles. The van der Waals surface area contributed by atoms with Gasteiger partial charge in [-0.1, -0.05) is 140 Å². The summed E-state index contributed by atoms with van der Waals surface area (Å²) in [5, 5.41) is 1.10. The summed E-state index contributed by atoms with van der Waals surface area (Å²) in [6.45, 7) is 0. The first kappa shape index (κ1) is 27.4. The van der Waals surface area contributed by atoms with Gasteiger partial charge in [-0.05, 0) is 81.9 Å². The van der Waals surface area contributed by atoms with Crippen molar-refractivity contribution in [3.8, 4) is 44.7 Å². The van der Waals surface area contributed by atoms with Crippen molar-refractivity contribution in [2.24, 2.45) is 0 Å². The first-order valence-corrected chi connectivity index (χ1v) is 15.6. The number of hydrogen-bond donors (Lipinski definition) is 0. The molecule has 0 aliphatic carbocycles. The Labute approximate surface area is 269 Å². The van der Waals surface area contributed by atoms with Crippen molar-refractivity contribution in [2.75, 3.05) is 4.90 Å². The van der Waals surface area contributed by atoms with Gasteiger partial charge in [-0.3, -0.25) is 0 Å². The molecule has 0 unspecified atom stereocenters. The number of rotatable bonds is 7. The van der Waals surface area contributed by atoms with Crippen LogP contribution in [0.1, 0.15) is 0 Å². The zero-order valence-corrected chi connectivity index (χ0v) is 25.3. The number of benzene rings is 7. The fourth-order valence-electron chi connectivity index (χ4n) is 6.22. The van der Waals surface area contributed by atoms with E-state index >= 15 is 0 Å². The van der Waals surface area contributed by atoms with Gasteiger partial charge in [-0.2, -0.15) is 0 Å². The fraction of sp³-hybridized carbons (Fsp3) is 0. The maximum absolute atomic E-state index is 6.27. The summed E-state index contributed by atoms with van der Waals surface area (Å²) in [5.41, 5.74) is 12.3. The molecule has 7 aromatic carbocycles. The summed E-state index contributed by atoms with van der Waals surface area (Å²) < 4.78 is 6.27. The standard InChI is InChI=1S/C44H31NO/c1-3-13-32(14-4-1)35-18-11-20-39(29-35)45(40-21-12-19-36(30-40)44-31-37-17-7-10-24-43(37)46-44)38-27-25-34(26-28-38)42-23-9-8-22-41(42)33-15-5-2-6-16-33/h1-31H. The lowest BCUT2D eigenvalue weighted by Crippen LogP contribution is -2.10. The summed E-state index contributed by atoms with van der Waals surface area (Å²) in [6.07, 6.45) is 0. The van der Waals surface area contributed by atoms with Gasteiger partial charge < -0.3 is 9.32 Å². The lowest BCUT2D eigenvalue weighted by Gasteiger charge is -2.26. The third kappa shape index (κ3) is 5.38. The minimum Gasteiger partial charge on any atom is -0.456 e. The third-order valence-corrected chi connectivity index (χ3v) is 8.47. The van der Waals surface area contributed by atoms with Crippen LogP contribution in [-0.4, -0.2) is 0 Å². The Bertz CT molecular complexity index is 2220. The van der Waals surface area contributed by atoms with E-state index in [1.165, 1.54) is 33.4 Å². The first-order valence-electron chi connectivity index (χ1n) is 15.6. The Balaban J connectivity index is 1.23. The largest absolute Gasteiger partial charge is 0.456 e. The molecule has 0 radical (unpaired) electrons. The van der Waals surface area contributed by atoms with Crippen LogP contribution in [-0.2, 0) is 0 Å². The van der Waals surface area contributed by atoms with Crippen LogP contribution in [0.2, 0.25) is 0 Å². The maximum Gasteiger partial charge on any atom is 0.135 e. The molecular weight excluding hydrogens is 558 g/mol. The molecule has 0 spiro atoms. The van der Waals surface area contributed by atoms with Gasteiger partial charge in [0.05, 0.1) is 0 Å². The van der Waals surface area contributed by atoms with Crippen molar-refractivity contribution in [2.45, 2.75) is 0 Å². The Kier molecular flexibility index (Phi) is 7.22. The van der Waals surface area contributed by atoms with E-state index in [-0.39, 0.29) is 0 Å². The van der Waals surface area contributed by atoms with Crippen molar-refractivity contribution in [1.82, 2.24) is 0 Å². The molecule has 0 amide bonds. The summed E-state index contributed by atoms with van der Waals surface area (Å²) in [6, 6.07) is 66.3. The molecule has 8 aromatic rings. The molecule has 2 heteroatoms. The van der Waals surface area contributed by atoms with E-state index in [0.29, 0.717) is 0 Å². The van der Waals surface area contributed by atoms with Gasteiger partial charge in [0, 0.05) is 28.0 Å². The second-order valence-electron chi connectivity index (χ2n) is 11.4. The van der Waals surface area contributed by atoms with Gasteiger partial charge in [-0.15, -0.1) is 0 Å². The topological polar surface area (TPSA) is 16.4 Å². The molecule has 0 N–H and O–H groups in total. The number of para-hydroxylation sites is 1. The molecule has 0 bridgehead atoms. The van der Waals surface area contributed by atoms with E-state index in [9.17, 15) is 0 Å². The van der Waals surface area contributed by atoms with Crippen LogP contribution in [0.5, 0.6) is 0 Å². The molecule has 0 saturated heterocycles. The molecule has 0 fully saturated rings. The van der Waals surface area contributed by atoms with Crippen LogP contribution in [0, 0.1) is 0 Å². The van der Waals surface area contributed by atoms with E-state index in [0.717, 1.165) is 39.4 Å². The highest BCUT2D eigenvalue weighted by molar-refractivity contribution is 5.87. The van der Waals surface area contributed by atoms with E-state index in [4.69, 9.17) is 4.42 Å². The highest BCUT2D eigenvalue weighted by Crippen LogP contribution is 2.40. The van der Waals surface area contributed by atoms with Crippen molar-refractivity contribution in [3.63, 3.8) is 0 Å². The average Bonchev–Trinajstić information content (AvgIpc) is 3.58. The molecule has 46 heavy (non-hydrogen) atoms. The van der Waals surface area contributed by atoms with E-state index < -0.39 is 0 Å². The highest BCUT2D eigenvalue weighted by atomic mass is 16.3. The number of nitrogens with zero attached hydrogens (tertiary/aromatic N) is 1. The van der Waals surface area contributed by atoms with Gasteiger partial charge in [0.2, 0.25) is 0 Å². The summed E-state index contributed by atoms with van der Waals surface area (Å²) >= 11 is 0. The van der Waals surface area contributed by atoms with Crippen LogP contribution in [0.25, 0.3) is 55.7 Å². The Hall–Kier alpha value is -6.12. The third-order valence-electron chi connectivity index (χ3n) is 8.47. The van der Waals surface area contributed by atoms with Gasteiger partial charge in [0.25, 0.3) is 0 Å². The average molecular weight is 590 g/mol. The zero-order chi connectivity index (χ0) is 30.7. The predicted molar refractivity (Wildman–Crippen MR) is 193 cm³/mol. The molecule has 218 valence electrons. The number of anilines is 3. The minimum absolute atomic E-state index is 0.855. The maximum atomic E-state index is 6.27. The lowest BCUT2D eigenvalue weighted by atomic mass is 9.94. The smallest absolute Gasteiger partial charge is 0.135 e. The Morgan fingerprint density at radius 1 is 0.326 bits per heavy atom. The fourth-order valence-corrected chi connectivity index (χ4v) is 6.22. The molecule has 2 nitrogen and oxygen atoms in total. The second-order valence-corrected chi connectivity index (χ2v) is 11.4. The summed E-state index contributed by atoms with van der Waals surface area (Å²) in [5.74, 6) is 0.855. The number of hydrogen-bond acceptors (Lipinski definition) is 2. The zero-order valence-electron chi connectivity index (χ0n) is 25.3. The molecule has 0 saturated carbocycles.